The second-order valence-corrected chi connectivity index (χ2v) is 25.6. The summed E-state index contributed by atoms with van der Waals surface area (Å²) in [5.41, 5.74) is 3.39. The maximum atomic E-state index is 10.8. The molecule has 0 unspecified atom stereocenters. The first-order valence-electron chi connectivity index (χ1n) is 15.1. The molecule has 1 aromatic rings. The fourth-order valence-corrected chi connectivity index (χ4v) is 24.9. The molecule has 3 aliphatic carbocycles. The van der Waals surface area contributed by atoms with Gasteiger partial charge in [0, 0.05) is 0 Å². The van der Waals surface area contributed by atoms with E-state index in [0.717, 1.165) is 12.3 Å². The van der Waals surface area contributed by atoms with Gasteiger partial charge in [-0.1, -0.05) is 0 Å². The second-order valence-electron chi connectivity index (χ2n) is 12.5. The van der Waals surface area contributed by atoms with E-state index in [1.54, 1.807) is 21.0 Å². The van der Waals surface area contributed by atoms with Gasteiger partial charge in [0.15, 0.2) is 0 Å². The van der Waals surface area contributed by atoms with Crippen LogP contribution in [0.3, 0.4) is 0 Å². The van der Waals surface area contributed by atoms with Gasteiger partial charge in [0.2, 0.25) is 0 Å². The topological polar surface area (TPSA) is 29.5 Å². The van der Waals surface area contributed by atoms with Crippen LogP contribution in [0.4, 0.5) is 0 Å². The van der Waals surface area contributed by atoms with Gasteiger partial charge in [0.1, 0.15) is 0 Å². The molecular formula is C32H52O2Sn. The van der Waals surface area contributed by atoms with Gasteiger partial charge in [-0.3, -0.25) is 0 Å². The van der Waals surface area contributed by atoms with Gasteiger partial charge in [0.05, 0.1) is 0 Å². The predicted octanol–water partition coefficient (Wildman–Crippen LogP) is 8.48. The number of unbranched alkanes of at least 4 members (excludes halogenated alkanes) is 3. The summed E-state index contributed by atoms with van der Waals surface area (Å²) in [5.74, 6) is 3.31. The van der Waals surface area contributed by atoms with Crippen molar-refractivity contribution in [3.63, 3.8) is 0 Å². The van der Waals surface area contributed by atoms with E-state index >= 15 is 0 Å². The summed E-state index contributed by atoms with van der Waals surface area (Å²) < 4.78 is 12.4. The first-order valence-corrected chi connectivity index (χ1v) is 22.5. The van der Waals surface area contributed by atoms with Crippen LogP contribution in [0.5, 0.6) is 5.75 Å². The van der Waals surface area contributed by atoms with E-state index in [9.17, 15) is 5.11 Å². The maximum absolute atomic E-state index is 10.8. The van der Waals surface area contributed by atoms with Gasteiger partial charge in [-0.2, -0.15) is 0 Å². The van der Waals surface area contributed by atoms with Crippen molar-refractivity contribution < 1.29 is 9.84 Å². The van der Waals surface area contributed by atoms with Crippen LogP contribution in [-0.2, 0) is 6.42 Å². The minimum atomic E-state index is -2.67. The number of hydrogen-bond acceptors (Lipinski definition) is 2. The molecular weight excluding hydrogens is 535 g/mol. The number of fused-ring (bicyclic) bond motifs is 5. The normalized spacial score (nSPS) is 29.9. The fraction of sp³-hybridized carbons (Fsp3) is 0.750. The predicted molar refractivity (Wildman–Crippen MR) is 152 cm³/mol. The molecule has 196 valence electrons. The van der Waals surface area contributed by atoms with Crippen LogP contribution in [0.1, 0.15) is 115 Å². The molecule has 0 radical (unpaired) electrons. The Morgan fingerprint density at radius 1 is 1.00 bits per heavy atom. The molecule has 1 aromatic carbocycles. The molecule has 3 heteroatoms. The summed E-state index contributed by atoms with van der Waals surface area (Å²) in [5, 5.41) is 10.8. The number of aliphatic hydroxyl groups is 1. The van der Waals surface area contributed by atoms with Gasteiger partial charge in [-0.25, -0.2) is 0 Å². The van der Waals surface area contributed by atoms with Crippen LogP contribution >= 0.6 is 0 Å². The fourth-order valence-electron chi connectivity index (χ4n) is 8.50. The molecule has 0 bridgehead atoms. The zero-order valence-electron chi connectivity index (χ0n) is 23.2. The Morgan fingerprint density at radius 3 is 2.26 bits per heavy atom. The van der Waals surface area contributed by atoms with E-state index in [1.165, 1.54) is 89.7 Å². The quantitative estimate of drug-likeness (QED) is 0.196. The summed E-state index contributed by atoms with van der Waals surface area (Å²) in [7, 11) is 0. The molecule has 5 atom stereocenters. The minimum absolute atomic E-state index is 0.0882. The van der Waals surface area contributed by atoms with Crippen LogP contribution in [-0.4, -0.2) is 29.6 Å². The molecule has 35 heavy (non-hydrogen) atoms. The molecule has 3 aliphatic rings. The summed E-state index contributed by atoms with van der Waals surface area (Å²) in [6.07, 6.45) is 16.8. The van der Waals surface area contributed by atoms with Crippen LogP contribution in [0.25, 0.3) is 0 Å². The van der Waals surface area contributed by atoms with Gasteiger partial charge >= 0.3 is 221 Å². The number of aryl methyl sites for hydroxylation is 1. The third-order valence-corrected chi connectivity index (χ3v) is 26.2. The van der Waals surface area contributed by atoms with Crippen LogP contribution in [0.15, 0.2) is 25.0 Å². The van der Waals surface area contributed by atoms with Crippen LogP contribution in [0.2, 0.25) is 13.3 Å². The van der Waals surface area contributed by atoms with Gasteiger partial charge in [0.25, 0.3) is 0 Å². The molecule has 0 aliphatic heterocycles. The zero-order chi connectivity index (χ0) is 25.1. The van der Waals surface area contributed by atoms with E-state index < -0.39 is 18.4 Å². The van der Waals surface area contributed by atoms with Gasteiger partial charge < -0.3 is 0 Å². The van der Waals surface area contributed by atoms with Crippen LogP contribution in [0, 0.1) is 17.3 Å². The number of ether oxygens (including phenoxy) is 1. The van der Waals surface area contributed by atoms with Crippen molar-refractivity contribution in [2.75, 3.05) is 0 Å². The Morgan fingerprint density at radius 2 is 1.66 bits per heavy atom. The van der Waals surface area contributed by atoms with E-state index in [2.05, 4.69) is 46.4 Å². The summed E-state index contributed by atoms with van der Waals surface area (Å²) in [4.78, 5) is 0. The van der Waals surface area contributed by atoms with Crippen molar-refractivity contribution in [2.45, 2.75) is 130 Å². The molecule has 4 rings (SSSR count). The Kier molecular flexibility index (Phi) is 9.39. The standard InChI is InChI=1S/C20H25O2.3C4H9.Sn/c1-3-22-14-5-7-15-13(12-14)4-6-17-16(15)10-11-20(2)18(17)8-9-19(20)21;3*1-3-4-2;/h3,7,12,16-19,21H,1,4,6,8-11H2,2H3;3*1,3-4H2,2H3;/t16-,17-,18+,19-,20+;;;;/m1..../s1. The van der Waals surface area contributed by atoms with E-state index in [0.29, 0.717) is 11.8 Å². The molecule has 0 spiro atoms. The van der Waals surface area contributed by atoms with Gasteiger partial charge in [-0.05, 0) is 0 Å². The molecule has 2 fully saturated rings. The van der Waals surface area contributed by atoms with E-state index in [-0.39, 0.29) is 11.5 Å². The number of benzene rings is 1. The average Bonchev–Trinajstić information content (AvgIpc) is 3.18. The number of hydrogen-bond donors (Lipinski definition) is 1. The number of aliphatic hydroxyl groups excluding tert-OH is 1. The summed E-state index contributed by atoms with van der Waals surface area (Å²) >= 11 is -2.67. The Labute approximate surface area is 220 Å². The Balaban J connectivity index is 1.78. The first kappa shape index (κ1) is 27.6. The SMILES string of the molecule is C=COc1cc2c(c[c]1[Sn]([CH2]CCC)([CH2]CCC)[CH2]CCC)[C@H]1CC[C@]3(C)[C@H](O)CC[C@H]3[C@@H]1CC2. The Hall–Kier alpha value is -0.481. The molecule has 0 heterocycles. The summed E-state index contributed by atoms with van der Waals surface area (Å²) in [6.45, 7) is 13.5. The van der Waals surface area contributed by atoms with Crippen LogP contribution < -0.4 is 8.32 Å². The van der Waals surface area contributed by atoms with Crippen molar-refractivity contribution in [2.24, 2.45) is 17.3 Å². The molecule has 1 N–H and O–H groups in total. The van der Waals surface area contributed by atoms with Crippen molar-refractivity contribution in [1.29, 1.82) is 0 Å². The van der Waals surface area contributed by atoms with Crippen molar-refractivity contribution in [1.82, 2.24) is 0 Å². The monoisotopic (exact) mass is 588 g/mol. The third-order valence-electron chi connectivity index (χ3n) is 10.6. The molecule has 2 nitrogen and oxygen atoms in total. The molecule has 0 aromatic heterocycles. The van der Waals surface area contributed by atoms with Crippen molar-refractivity contribution in [3.8, 4) is 5.75 Å². The average molecular weight is 587 g/mol. The summed E-state index contributed by atoms with van der Waals surface area (Å²) in [6, 6.07) is 5.20. The van der Waals surface area contributed by atoms with Crippen molar-refractivity contribution >= 4 is 22.0 Å². The second kappa shape index (κ2) is 11.9. The van der Waals surface area contributed by atoms with E-state index in [4.69, 9.17) is 4.74 Å². The molecule has 0 saturated heterocycles. The number of rotatable bonds is 12. The Bertz CT molecular complexity index is 842. The van der Waals surface area contributed by atoms with E-state index in [1.807, 2.05) is 0 Å². The third kappa shape index (κ3) is 5.27. The zero-order valence-corrected chi connectivity index (χ0v) is 26.1. The molecule has 0 amide bonds. The molecule has 2 saturated carbocycles. The van der Waals surface area contributed by atoms with Crippen molar-refractivity contribution in [3.05, 3.63) is 36.1 Å². The van der Waals surface area contributed by atoms with Gasteiger partial charge in [-0.15, -0.1) is 0 Å². The first-order chi connectivity index (χ1) is 16.9.